The third-order valence-electron chi connectivity index (χ3n) is 5.32. The van der Waals surface area contributed by atoms with Gasteiger partial charge in [0.2, 0.25) is 0 Å². The largest absolute Gasteiger partial charge is 0.452 e. The number of halogens is 5. The first-order valence-corrected chi connectivity index (χ1v) is 12.1. The standard InChI is InChI=1S/C9H10F5NO2S.C9H17NO.C2H6/c1-15(9(16)17-2)7-4-3-5-8(6-7)18(10,11,12,13)14;1-11-8-9-4-2-6-10(9)7-3-5-9;1-2/h3-6H,1-2H3;2-8H2,1H3;1-2H3. The summed E-state index contributed by atoms with van der Waals surface area (Å²) in [5.41, 5.74) is 0.127. The Kier molecular flexibility index (Phi) is 8.41. The summed E-state index contributed by atoms with van der Waals surface area (Å²) in [6.07, 6.45) is 4.52. The van der Waals surface area contributed by atoms with Crippen molar-refractivity contribution < 1.29 is 33.7 Å². The number of benzene rings is 1. The van der Waals surface area contributed by atoms with Crippen molar-refractivity contribution in [2.75, 3.05) is 45.9 Å². The summed E-state index contributed by atoms with van der Waals surface area (Å²) in [5.74, 6) is 0. The van der Waals surface area contributed by atoms with E-state index in [1.54, 1.807) is 0 Å². The van der Waals surface area contributed by atoms with E-state index in [1.165, 1.54) is 38.8 Å². The summed E-state index contributed by atoms with van der Waals surface area (Å²) in [6, 6.07) is 2.35. The highest BCUT2D eigenvalue weighted by Gasteiger charge is 2.65. The zero-order valence-corrected chi connectivity index (χ0v) is 19.5. The van der Waals surface area contributed by atoms with Gasteiger partial charge in [-0.3, -0.25) is 9.80 Å². The third kappa shape index (κ3) is 7.21. The van der Waals surface area contributed by atoms with Crippen molar-refractivity contribution in [3.63, 3.8) is 0 Å². The molecule has 1 aromatic carbocycles. The van der Waals surface area contributed by atoms with E-state index in [4.69, 9.17) is 4.74 Å². The number of amides is 1. The Labute approximate surface area is 181 Å². The number of fused-ring (bicyclic) bond motifs is 1. The molecule has 0 N–H and O–H groups in total. The monoisotopic (exact) mass is 476 g/mol. The van der Waals surface area contributed by atoms with Crippen molar-refractivity contribution in [3.8, 4) is 0 Å². The van der Waals surface area contributed by atoms with Crippen LogP contribution in [-0.4, -0.2) is 57.5 Å². The second kappa shape index (κ2) is 9.50. The molecule has 5 nitrogen and oxygen atoms in total. The van der Waals surface area contributed by atoms with E-state index in [2.05, 4.69) is 9.64 Å². The Morgan fingerprint density at radius 3 is 2.10 bits per heavy atom. The minimum absolute atomic E-state index is 0.207. The van der Waals surface area contributed by atoms with Gasteiger partial charge >= 0.3 is 16.3 Å². The highest BCUT2D eigenvalue weighted by Crippen LogP contribution is 3.02. The highest BCUT2D eigenvalue weighted by atomic mass is 32.5. The quantitative estimate of drug-likeness (QED) is 0.447. The number of carbonyl (C=O) groups excluding carboxylic acids is 1. The fraction of sp³-hybridized carbons (Fsp3) is 0.650. The minimum Gasteiger partial charge on any atom is -0.452 e. The molecule has 11 heteroatoms. The van der Waals surface area contributed by atoms with E-state index in [0.29, 0.717) is 10.4 Å². The first-order valence-electron chi connectivity index (χ1n) is 10.1. The van der Waals surface area contributed by atoms with Gasteiger partial charge in [-0.1, -0.05) is 39.3 Å². The Morgan fingerprint density at radius 2 is 1.65 bits per heavy atom. The number of anilines is 1. The minimum atomic E-state index is -9.74. The van der Waals surface area contributed by atoms with Crippen LogP contribution in [0.1, 0.15) is 39.5 Å². The van der Waals surface area contributed by atoms with E-state index in [9.17, 15) is 24.2 Å². The van der Waals surface area contributed by atoms with Gasteiger partial charge in [-0.15, -0.1) is 0 Å². The van der Waals surface area contributed by atoms with Gasteiger partial charge in [0, 0.05) is 25.4 Å². The summed E-state index contributed by atoms with van der Waals surface area (Å²) in [5, 5.41) is 0. The van der Waals surface area contributed by atoms with Crippen molar-refractivity contribution >= 4 is 22.0 Å². The maximum absolute atomic E-state index is 12.5. The zero-order valence-electron chi connectivity index (χ0n) is 18.7. The molecule has 182 valence electrons. The first-order chi connectivity index (χ1) is 14.2. The Bertz CT molecular complexity index is 736. The second-order valence-corrected chi connectivity index (χ2v) is 9.76. The maximum atomic E-state index is 12.5. The third-order valence-corrected chi connectivity index (χ3v) is 6.47. The number of carbonyl (C=O) groups is 1. The average molecular weight is 477 g/mol. The van der Waals surface area contributed by atoms with Crippen LogP contribution in [-0.2, 0) is 9.47 Å². The van der Waals surface area contributed by atoms with Gasteiger partial charge in [0.1, 0.15) is 4.90 Å². The van der Waals surface area contributed by atoms with E-state index in [1.807, 2.05) is 21.0 Å². The number of rotatable bonds is 4. The molecule has 3 rings (SSSR count). The average Bonchev–Trinajstić information content (AvgIpc) is 3.27. The van der Waals surface area contributed by atoms with Crippen LogP contribution in [0, 0.1) is 0 Å². The lowest BCUT2D eigenvalue weighted by molar-refractivity contribution is 0.0655. The molecule has 2 aliphatic rings. The number of hydrogen-bond acceptors (Lipinski definition) is 4. The lowest BCUT2D eigenvalue weighted by Gasteiger charge is -2.40. The molecule has 2 saturated heterocycles. The van der Waals surface area contributed by atoms with Crippen LogP contribution in [0.4, 0.5) is 29.9 Å². The van der Waals surface area contributed by atoms with Crippen LogP contribution in [0.2, 0.25) is 0 Å². The summed E-state index contributed by atoms with van der Waals surface area (Å²) in [7, 11) is -5.79. The van der Waals surface area contributed by atoms with Gasteiger partial charge in [-0.2, -0.15) is 0 Å². The van der Waals surface area contributed by atoms with Crippen molar-refractivity contribution in [1.29, 1.82) is 0 Å². The highest BCUT2D eigenvalue weighted by molar-refractivity contribution is 8.45. The molecule has 0 unspecified atom stereocenters. The molecule has 0 bridgehead atoms. The van der Waals surface area contributed by atoms with E-state index in [-0.39, 0.29) is 17.8 Å². The molecule has 0 spiro atoms. The second-order valence-electron chi connectivity index (χ2n) is 7.35. The van der Waals surface area contributed by atoms with Crippen molar-refractivity contribution in [2.24, 2.45) is 0 Å². The Hall–Kier alpha value is -1.59. The topological polar surface area (TPSA) is 42.0 Å². The molecule has 0 saturated carbocycles. The Morgan fingerprint density at radius 1 is 1.10 bits per heavy atom. The fourth-order valence-electron chi connectivity index (χ4n) is 3.90. The molecular formula is C20H33F5N2O3S. The Balaban J connectivity index is 0.000000313. The summed E-state index contributed by atoms with van der Waals surface area (Å²) < 4.78 is 72.3. The molecule has 31 heavy (non-hydrogen) atoms. The molecule has 0 atom stereocenters. The van der Waals surface area contributed by atoms with Crippen molar-refractivity contribution in [2.45, 2.75) is 50.0 Å². The van der Waals surface area contributed by atoms with E-state index < -0.39 is 21.2 Å². The van der Waals surface area contributed by atoms with Crippen LogP contribution < -0.4 is 4.90 Å². The molecule has 1 aromatic rings. The molecule has 1 amide bonds. The van der Waals surface area contributed by atoms with Gasteiger partial charge in [0.15, 0.2) is 0 Å². The lowest BCUT2D eigenvalue weighted by Crippen LogP contribution is -2.42. The van der Waals surface area contributed by atoms with Crippen molar-refractivity contribution in [1.82, 2.24) is 4.90 Å². The van der Waals surface area contributed by atoms with Gasteiger partial charge in [-0.25, -0.2) is 4.79 Å². The van der Waals surface area contributed by atoms with E-state index in [0.717, 1.165) is 32.9 Å². The number of hydrogen-bond donors (Lipinski definition) is 0. The number of nitrogens with zero attached hydrogens (tertiary/aromatic N) is 2. The van der Waals surface area contributed by atoms with Gasteiger partial charge in [-0.05, 0) is 57.0 Å². The van der Waals surface area contributed by atoms with Crippen LogP contribution in [0.25, 0.3) is 0 Å². The lowest BCUT2D eigenvalue weighted by atomic mass is 9.95. The van der Waals surface area contributed by atoms with Crippen LogP contribution >= 0.6 is 10.2 Å². The van der Waals surface area contributed by atoms with Gasteiger partial charge < -0.3 is 9.47 Å². The molecule has 0 aromatic heterocycles. The maximum Gasteiger partial charge on any atom is 0.413 e. The molecule has 2 aliphatic heterocycles. The van der Waals surface area contributed by atoms with Crippen molar-refractivity contribution in [3.05, 3.63) is 24.3 Å². The van der Waals surface area contributed by atoms with E-state index >= 15 is 0 Å². The number of methoxy groups -OCH3 is 2. The smallest absolute Gasteiger partial charge is 0.413 e. The molecular weight excluding hydrogens is 443 g/mol. The molecule has 0 aliphatic carbocycles. The molecule has 0 radical (unpaired) electrons. The van der Waals surface area contributed by atoms with Crippen LogP contribution in [0.3, 0.4) is 0 Å². The number of ether oxygens (including phenoxy) is 2. The predicted octanol–water partition coefficient (Wildman–Crippen LogP) is 6.83. The van der Waals surface area contributed by atoms with Crippen LogP contribution in [0.5, 0.6) is 0 Å². The summed E-state index contributed by atoms with van der Waals surface area (Å²) in [4.78, 5) is 12.3. The fourth-order valence-corrected chi connectivity index (χ4v) is 4.58. The molecule has 2 heterocycles. The summed E-state index contributed by atoms with van der Waals surface area (Å²) >= 11 is 0. The SMILES string of the molecule is CC.COC(=O)N(C)c1cccc(S(F)(F)(F)(F)F)c1.COCC12CCCN1CCC2. The first kappa shape index (κ1) is 27.4. The zero-order chi connectivity index (χ0) is 24.0. The predicted molar refractivity (Wildman–Crippen MR) is 115 cm³/mol. The molecule has 2 fully saturated rings. The van der Waals surface area contributed by atoms with Gasteiger partial charge in [0.25, 0.3) is 0 Å². The van der Waals surface area contributed by atoms with Gasteiger partial charge in [0.05, 0.1) is 13.7 Å². The normalized spacial score (nSPS) is 19.5. The summed E-state index contributed by atoms with van der Waals surface area (Å²) in [6.45, 7) is 7.57. The van der Waals surface area contributed by atoms with Crippen LogP contribution in [0.15, 0.2) is 29.2 Å².